The number of primary amides is 1. The fraction of sp³-hybridized carbons (Fsp3) is 0.448. The summed E-state index contributed by atoms with van der Waals surface area (Å²) in [6, 6.07) is 0.455. The average molecular weight is 582 g/mol. The van der Waals surface area contributed by atoms with E-state index in [1.165, 1.54) is 11.0 Å². The third-order valence-electron chi connectivity index (χ3n) is 8.23. The topological polar surface area (TPSA) is 197 Å². The molecule has 0 bridgehead atoms. The van der Waals surface area contributed by atoms with E-state index in [1.54, 1.807) is 45.0 Å². The Morgan fingerprint density at radius 3 is 2.36 bits per heavy atom. The van der Waals surface area contributed by atoms with Crippen LogP contribution in [0.25, 0.3) is 0 Å². The number of benzene rings is 1. The van der Waals surface area contributed by atoms with Gasteiger partial charge in [0.15, 0.2) is 17.1 Å². The van der Waals surface area contributed by atoms with Crippen molar-refractivity contribution >= 4 is 34.8 Å². The number of phenolic OH excluding ortho intramolecular Hbond substituents is 1. The van der Waals surface area contributed by atoms with Gasteiger partial charge in [0.1, 0.15) is 17.1 Å². The van der Waals surface area contributed by atoms with Crippen LogP contribution in [0.3, 0.4) is 0 Å². The lowest BCUT2D eigenvalue weighted by atomic mass is 9.58. The average Bonchev–Trinajstić information content (AvgIpc) is 2.87. The number of Topliss-reactive ketones (excluding diaryl/α,β-unsaturated/α-hetero) is 2. The van der Waals surface area contributed by atoms with Crippen LogP contribution in [0, 0.1) is 24.2 Å². The Labute approximate surface area is 242 Å². The molecule has 7 N–H and O–H groups in total. The number of phenols is 1. The number of hydrogen-bond donors (Lipinski definition) is 6. The second-order valence-corrected chi connectivity index (χ2v) is 11.4. The molecular weight excluding hydrogens is 546 g/mol. The molecule has 1 aromatic rings. The van der Waals surface area contributed by atoms with Gasteiger partial charge in [-0.05, 0) is 51.5 Å². The van der Waals surface area contributed by atoms with E-state index >= 15 is 0 Å². The number of aromatic hydroxyl groups is 1. The van der Waals surface area contributed by atoms with Crippen molar-refractivity contribution in [2.75, 3.05) is 58.5 Å². The lowest BCUT2D eigenvalue weighted by Gasteiger charge is -2.50. The highest BCUT2D eigenvalue weighted by Crippen LogP contribution is 2.53. The number of amides is 2. The van der Waals surface area contributed by atoms with E-state index in [4.69, 9.17) is 12.2 Å². The van der Waals surface area contributed by atoms with E-state index < -0.39 is 69.7 Å². The van der Waals surface area contributed by atoms with Gasteiger partial charge < -0.3 is 36.4 Å². The van der Waals surface area contributed by atoms with E-state index in [2.05, 4.69) is 11.2 Å². The van der Waals surface area contributed by atoms with Crippen LogP contribution in [0.4, 0.5) is 11.4 Å². The molecule has 0 fully saturated rings. The quantitative estimate of drug-likeness (QED) is 0.140. The fourth-order valence-electron chi connectivity index (χ4n) is 6.44. The number of ketones is 2. The molecule has 3 aliphatic carbocycles. The summed E-state index contributed by atoms with van der Waals surface area (Å²) in [4.78, 5) is 57.1. The molecule has 0 aliphatic heterocycles. The standard InChI is InChI=1S/C29H35N5O8/c1-7-8-34(6)12-18(35)31-16-11-17(32(2)3)14-9-13-10-15-22(33(4)5)25(38)21(28(30)41)27(40)29(15,42)26(39)19(13)24(37)20(14)23(16)36/h1,11,13,15,22,36,38-39,42H,8-10,12H2,2-6H3,(H2,30,41)(H,31,35)/t13?,15?,22-,29-/m0/s1. The fourth-order valence-corrected chi connectivity index (χ4v) is 6.44. The Kier molecular flexibility index (Phi) is 7.86. The molecule has 0 aromatic heterocycles. The van der Waals surface area contributed by atoms with Crippen molar-refractivity contribution in [1.29, 1.82) is 0 Å². The molecule has 0 radical (unpaired) electrons. The molecule has 0 saturated carbocycles. The minimum atomic E-state index is -2.74. The maximum absolute atomic E-state index is 14.1. The minimum absolute atomic E-state index is 0.0284. The second-order valence-electron chi connectivity index (χ2n) is 11.4. The van der Waals surface area contributed by atoms with Crippen LogP contribution in [-0.4, -0.2) is 114 Å². The third-order valence-corrected chi connectivity index (χ3v) is 8.23. The highest BCUT2D eigenvalue weighted by atomic mass is 16.3. The number of rotatable bonds is 7. The summed E-state index contributed by atoms with van der Waals surface area (Å²) in [5.41, 5.74) is 2.18. The van der Waals surface area contributed by atoms with E-state index in [1.807, 2.05) is 0 Å². The first kappa shape index (κ1) is 30.6. The van der Waals surface area contributed by atoms with Gasteiger partial charge in [-0.1, -0.05) is 5.92 Å². The molecule has 3 aliphatic rings. The Hall–Kier alpha value is -4.38. The number of fused-ring (bicyclic) bond motifs is 3. The summed E-state index contributed by atoms with van der Waals surface area (Å²) < 4.78 is 0. The zero-order valence-electron chi connectivity index (χ0n) is 24.1. The predicted molar refractivity (Wildman–Crippen MR) is 153 cm³/mol. The lowest BCUT2D eigenvalue weighted by Crippen LogP contribution is -2.63. The van der Waals surface area contributed by atoms with Crippen molar-refractivity contribution < 1.29 is 39.6 Å². The molecule has 2 unspecified atom stereocenters. The summed E-state index contributed by atoms with van der Waals surface area (Å²) in [6.45, 7) is 0.119. The summed E-state index contributed by atoms with van der Waals surface area (Å²) in [7, 11) is 8.22. The largest absolute Gasteiger partial charge is 0.510 e. The second kappa shape index (κ2) is 10.8. The van der Waals surface area contributed by atoms with Crippen LogP contribution in [-0.2, 0) is 20.8 Å². The number of nitrogens with zero attached hydrogens (tertiary/aromatic N) is 3. The van der Waals surface area contributed by atoms with Crippen LogP contribution in [0.1, 0.15) is 22.3 Å². The van der Waals surface area contributed by atoms with Crippen molar-refractivity contribution in [3.05, 3.63) is 39.9 Å². The molecule has 42 heavy (non-hydrogen) atoms. The van der Waals surface area contributed by atoms with Gasteiger partial charge in [-0.2, -0.15) is 0 Å². The number of likely N-dealkylation sites (N-methyl/N-ethyl adjacent to an activating group) is 2. The molecular formula is C29H35N5O8. The van der Waals surface area contributed by atoms with Crippen molar-refractivity contribution in [3.8, 4) is 18.1 Å². The highest BCUT2D eigenvalue weighted by Gasteiger charge is 2.63. The van der Waals surface area contributed by atoms with Crippen LogP contribution in [0.5, 0.6) is 5.75 Å². The van der Waals surface area contributed by atoms with E-state index in [0.29, 0.717) is 11.3 Å². The number of aliphatic hydroxyl groups excluding tert-OH is 2. The molecule has 4 atom stereocenters. The van der Waals surface area contributed by atoms with Crippen molar-refractivity contribution in [2.24, 2.45) is 17.6 Å². The van der Waals surface area contributed by atoms with Gasteiger partial charge in [-0.3, -0.25) is 29.0 Å². The number of allylic oxidation sites excluding steroid dienone is 1. The zero-order chi connectivity index (χ0) is 31.4. The van der Waals surface area contributed by atoms with Gasteiger partial charge in [0.2, 0.25) is 11.7 Å². The number of hydrogen-bond acceptors (Lipinski definition) is 11. The number of nitrogens with one attached hydrogen (secondary N) is 1. The first-order valence-corrected chi connectivity index (χ1v) is 13.2. The van der Waals surface area contributed by atoms with Gasteiger partial charge in [-0.25, -0.2) is 0 Å². The first-order valence-electron chi connectivity index (χ1n) is 13.2. The summed E-state index contributed by atoms with van der Waals surface area (Å²) in [5.74, 6) is -5.51. The maximum Gasteiger partial charge on any atom is 0.255 e. The molecule has 4 rings (SSSR count). The molecule has 224 valence electrons. The Bertz CT molecular complexity index is 1500. The Balaban J connectivity index is 1.88. The molecule has 0 saturated heterocycles. The molecule has 0 heterocycles. The minimum Gasteiger partial charge on any atom is -0.510 e. The zero-order valence-corrected chi connectivity index (χ0v) is 24.1. The van der Waals surface area contributed by atoms with Gasteiger partial charge in [0.05, 0.1) is 30.4 Å². The van der Waals surface area contributed by atoms with Crippen LogP contribution < -0.4 is 16.0 Å². The molecule has 0 spiro atoms. The number of terminal acetylenes is 1. The highest BCUT2D eigenvalue weighted by molar-refractivity contribution is 6.25. The smallest absolute Gasteiger partial charge is 0.255 e. The van der Waals surface area contributed by atoms with Gasteiger partial charge in [0.25, 0.3) is 5.91 Å². The molecule has 1 aromatic carbocycles. The van der Waals surface area contributed by atoms with Gasteiger partial charge in [0, 0.05) is 31.3 Å². The SMILES string of the molecule is C#CCN(C)CC(=O)Nc1cc(N(C)C)c2c(c1O)C(=O)C1=C(O)[C@]3(O)C(=O)C(C(N)=O)=C(O)[C@@H](N(C)C)C3CC1C2. The van der Waals surface area contributed by atoms with Gasteiger partial charge >= 0.3 is 0 Å². The summed E-state index contributed by atoms with van der Waals surface area (Å²) in [6.07, 6.45) is 5.38. The normalized spacial score (nSPS) is 25.2. The number of anilines is 2. The third kappa shape index (κ3) is 4.57. The molecule has 13 heteroatoms. The molecule has 2 amide bonds. The predicted octanol–water partition coefficient (Wildman–Crippen LogP) is -0.310. The van der Waals surface area contributed by atoms with Crippen molar-refractivity contribution in [2.45, 2.75) is 24.5 Å². The number of carbonyl (C=O) groups excluding carboxylic acids is 4. The van der Waals surface area contributed by atoms with Gasteiger partial charge in [-0.15, -0.1) is 6.42 Å². The first-order chi connectivity index (χ1) is 19.6. The van der Waals surface area contributed by atoms with Crippen LogP contribution >= 0.6 is 0 Å². The summed E-state index contributed by atoms with van der Waals surface area (Å²) >= 11 is 0. The maximum atomic E-state index is 14.1. The van der Waals surface area contributed by atoms with Crippen molar-refractivity contribution in [3.63, 3.8) is 0 Å². The Morgan fingerprint density at radius 1 is 1.17 bits per heavy atom. The lowest BCUT2D eigenvalue weighted by molar-refractivity contribution is -0.148. The monoisotopic (exact) mass is 581 g/mol. The van der Waals surface area contributed by atoms with Crippen LogP contribution in [0.15, 0.2) is 28.7 Å². The number of nitrogens with two attached hydrogens (primary N) is 1. The molecule has 13 nitrogen and oxygen atoms in total. The summed E-state index contributed by atoms with van der Waals surface area (Å²) in [5, 5.41) is 48.0. The number of carbonyl (C=O) groups is 4. The Morgan fingerprint density at radius 2 is 1.81 bits per heavy atom. The van der Waals surface area contributed by atoms with E-state index in [9.17, 15) is 39.6 Å². The van der Waals surface area contributed by atoms with Crippen molar-refractivity contribution in [1.82, 2.24) is 9.80 Å². The van der Waals surface area contributed by atoms with E-state index in [0.717, 1.165) is 0 Å². The van der Waals surface area contributed by atoms with E-state index in [-0.39, 0.29) is 42.8 Å². The number of aliphatic hydroxyl groups is 3. The van der Waals surface area contributed by atoms with Crippen LogP contribution in [0.2, 0.25) is 0 Å².